The predicted molar refractivity (Wildman–Crippen MR) is 90.9 cm³/mol. The highest BCUT2D eigenvalue weighted by Gasteiger charge is 2.20. The van der Waals surface area contributed by atoms with Crippen LogP contribution < -0.4 is 27.3 Å². The highest BCUT2D eigenvalue weighted by atomic mass is 79.9. The SMILES string of the molecule is Cc1ccc(-c2c[n+](CC(=O)c3ccc(F)cc3)c(N)n2C)cc1.[Br-]. The van der Waals surface area contributed by atoms with Crippen LogP contribution in [0.4, 0.5) is 10.3 Å². The summed E-state index contributed by atoms with van der Waals surface area (Å²) in [7, 11) is 1.86. The second kappa shape index (κ2) is 7.61. The van der Waals surface area contributed by atoms with Gasteiger partial charge in [0, 0.05) is 11.1 Å². The number of imidazole rings is 1. The summed E-state index contributed by atoms with van der Waals surface area (Å²) in [5.74, 6) is 0.00822. The molecule has 2 N–H and O–H groups in total. The summed E-state index contributed by atoms with van der Waals surface area (Å²) in [4.78, 5) is 12.4. The zero-order chi connectivity index (χ0) is 17.3. The van der Waals surface area contributed by atoms with E-state index in [1.54, 1.807) is 4.57 Å². The number of aromatic nitrogens is 2. The fourth-order valence-corrected chi connectivity index (χ4v) is 2.62. The number of anilines is 1. The van der Waals surface area contributed by atoms with Crippen LogP contribution in [0.2, 0.25) is 0 Å². The highest BCUT2D eigenvalue weighted by molar-refractivity contribution is 5.95. The maximum atomic E-state index is 13.0. The molecule has 0 amide bonds. The van der Waals surface area contributed by atoms with Gasteiger partial charge in [-0.15, -0.1) is 0 Å². The molecule has 6 heteroatoms. The first-order valence-corrected chi connectivity index (χ1v) is 7.66. The zero-order valence-corrected chi connectivity index (χ0v) is 15.6. The van der Waals surface area contributed by atoms with Gasteiger partial charge >= 0.3 is 5.95 Å². The number of nitrogen functional groups attached to an aromatic ring is 1. The number of rotatable bonds is 4. The molecule has 1 heterocycles. The van der Waals surface area contributed by atoms with E-state index in [2.05, 4.69) is 0 Å². The monoisotopic (exact) mass is 403 g/mol. The van der Waals surface area contributed by atoms with E-state index < -0.39 is 0 Å². The summed E-state index contributed by atoms with van der Waals surface area (Å²) in [6.07, 6.45) is 1.86. The number of nitrogens with zero attached hydrogens (tertiary/aromatic N) is 2. The van der Waals surface area contributed by atoms with Gasteiger partial charge < -0.3 is 17.0 Å². The van der Waals surface area contributed by atoms with E-state index in [0.717, 1.165) is 11.3 Å². The molecule has 0 saturated heterocycles. The lowest BCUT2D eigenvalue weighted by Crippen LogP contribution is -3.00. The topological polar surface area (TPSA) is 51.9 Å². The molecule has 0 bridgehead atoms. The van der Waals surface area contributed by atoms with Crippen molar-refractivity contribution in [3.8, 4) is 11.3 Å². The Labute approximate surface area is 156 Å². The van der Waals surface area contributed by atoms with Gasteiger partial charge in [0.1, 0.15) is 24.3 Å². The van der Waals surface area contributed by atoms with E-state index in [1.165, 1.54) is 29.8 Å². The molecule has 25 heavy (non-hydrogen) atoms. The summed E-state index contributed by atoms with van der Waals surface area (Å²) in [6, 6.07) is 13.6. The van der Waals surface area contributed by atoms with Crippen molar-refractivity contribution >= 4 is 11.7 Å². The molecule has 0 atom stereocenters. The van der Waals surface area contributed by atoms with Gasteiger partial charge in [0.25, 0.3) is 0 Å². The van der Waals surface area contributed by atoms with Gasteiger partial charge in [-0.1, -0.05) is 29.8 Å². The van der Waals surface area contributed by atoms with Crippen LogP contribution in [0.5, 0.6) is 0 Å². The Hall–Kier alpha value is -2.47. The van der Waals surface area contributed by atoms with E-state index in [-0.39, 0.29) is 35.1 Å². The molecule has 0 aliphatic rings. The zero-order valence-electron chi connectivity index (χ0n) is 14.0. The fraction of sp³-hybridized carbons (Fsp3) is 0.158. The maximum Gasteiger partial charge on any atom is 0.355 e. The minimum Gasteiger partial charge on any atom is -1.00 e. The van der Waals surface area contributed by atoms with Crippen LogP contribution in [-0.2, 0) is 13.6 Å². The molecule has 0 radical (unpaired) electrons. The molecule has 130 valence electrons. The van der Waals surface area contributed by atoms with Gasteiger partial charge in [-0.3, -0.25) is 10.5 Å². The molecule has 2 aromatic carbocycles. The Morgan fingerprint density at radius 3 is 2.32 bits per heavy atom. The van der Waals surface area contributed by atoms with Gasteiger partial charge in [0.2, 0.25) is 0 Å². The molecule has 0 aliphatic heterocycles. The van der Waals surface area contributed by atoms with Crippen molar-refractivity contribution in [1.29, 1.82) is 0 Å². The van der Waals surface area contributed by atoms with Crippen LogP contribution in [0.3, 0.4) is 0 Å². The average Bonchev–Trinajstić information content (AvgIpc) is 2.85. The summed E-state index contributed by atoms with van der Waals surface area (Å²) in [5.41, 5.74) is 9.74. The van der Waals surface area contributed by atoms with E-state index in [4.69, 9.17) is 5.73 Å². The number of hydrogen-bond acceptors (Lipinski definition) is 2. The van der Waals surface area contributed by atoms with Crippen molar-refractivity contribution < 1.29 is 30.7 Å². The van der Waals surface area contributed by atoms with E-state index >= 15 is 0 Å². The summed E-state index contributed by atoms with van der Waals surface area (Å²) in [5, 5.41) is 0. The van der Waals surface area contributed by atoms with Crippen molar-refractivity contribution in [1.82, 2.24) is 4.57 Å². The largest absolute Gasteiger partial charge is 1.00 e. The average molecular weight is 404 g/mol. The standard InChI is InChI=1S/C19H18FN3O.BrH/c1-13-3-5-14(6-4-13)17-11-23(19(21)22(17)2)12-18(24)15-7-9-16(20)10-8-15;/h3-11,21H,12H2,1-2H3;1H. The molecule has 3 aromatic rings. The molecular weight excluding hydrogens is 385 g/mol. The Balaban J connectivity index is 0.00000225. The third-order valence-electron chi connectivity index (χ3n) is 4.10. The van der Waals surface area contributed by atoms with Crippen LogP contribution >= 0.6 is 0 Å². The predicted octanol–water partition coefficient (Wildman–Crippen LogP) is -0.104. The normalized spacial score (nSPS) is 10.4. The molecule has 0 spiro atoms. The summed E-state index contributed by atoms with van der Waals surface area (Å²) in [6.45, 7) is 2.14. The maximum absolute atomic E-state index is 13.0. The van der Waals surface area contributed by atoms with Crippen molar-refractivity contribution in [2.24, 2.45) is 7.05 Å². The Morgan fingerprint density at radius 2 is 1.72 bits per heavy atom. The molecule has 4 nitrogen and oxygen atoms in total. The lowest BCUT2D eigenvalue weighted by molar-refractivity contribution is -0.667. The number of nitrogens with two attached hydrogens (primary N) is 1. The van der Waals surface area contributed by atoms with Crippen molar-refractivity contribution in [3.63, 3.8) is 0 Å². The molecule has 0 saturated carbocycles. The number of hydrogen-bond donors (Lipinski definition) is 1. The quantitative estimate of drug-likeness (QED) is 0.488. The van der Waals surface area contributed by atoms with Crippen molar-refractivity contribution in [2.45, 2.75) is 13.5 Å². The minimum atomic E-state index is -0.361. The third kappa shape index (κ3) is 3.96. The molecule has 3 rings (SSSR count). The Bertz CT molecular complexity index is 886. The van der Waals surface area contributed by atoms with Crippen molar-refractivity contribution in [3.05, 3.63) is 71.7 Å². The van der Waals surface area contributed by atoms with Gasteiger partial charge in [-0.2, -0.15) is 0 Å². The smallest absolute Gasteiger partial charge is 0.355 e. The number of carbonyl (C=O) groups excluding carboxylic acids is 1. The first-order chi connectivity index (χ1) is 11.5. The Kier molecular flexibility index (Phi) is 5.74. The molecule has 1 aromatic heterocycles. The third-order valence-corrected chi connectivity index (χ3v) is 4.10. The Morgan fingerprint density at radius 1 is 1.12 bits per heavy atom. The summed E-state index contributed by atoms with van der Waals surface area (Å²) >= 11 is 0. The number of benzene rings is 2. The van der Waals surface area contributed by atoms with Gasteiger partial charge in [-0.05, 0) is 31.2 Å². The van der Waals surface area contributed by atoms with Gasteiger partial charge in [0.05, 0.1) is 7.05 Å². The highest BCUT2D eigenvalue weighted by Crippen LogP contribution is 2.20. The lowest BCUT2D eigenvalue weighted by atomic mass is 10.1. The van der Waals surface area contributed by atoms with Crippen molar-refractivity contribution in [2.75, 3.05) is 5.73 Å². The minimum absolute atomic E-state index is 0. The first kappa shape index (κ1) is 18.9. The number of carbonyl (C=O) groups is 1. The number of aryl methyl sites for hydroxylation is 1. The number of halogens is 2. The van der Waals surface area contributed by atoms with Crippen LogP contribution in [-0.4, -0.2) is 10.4 Å². The molecular formula is C19H19BrFN3O. The van der Waals surface area contributed by atoms with Gasteiger partial charge in [0.15, 0.2) is 5.78 Å². The number of Topliss-reactive ketones (excluding diaryl/α,β-unsaturated/α-hetero) is 1. The van der Waals surface area contributed by atoms with E-state index in [1.807, 2.05) is 49.0 Å². The first-order valence-electron chi connectivity index (χ1n) is 7.66. The summed E-state index contributed by atoms with van der Waals surface area (Å²) < 4.78 is 16.5. The van der Waals surface area contributed by atoms with E-state index in [0.29, 0.717) is 11.5 Å². The lowest BCUT2D eigenvalue weighted by Gasteiger charge is -2.00. The van der Waals surface area contributed by atoms with Crippen LogP contribution in [0.15, 0.2) is 54.7 Å². The van der Waals surface area contributed by atoms with Crippen LogP contribution in [0.1, 0.15) is 15.9 Å². The van der Waals surface area contributed by atoms with Crippen LogP contribution in [0, 0.1) is 12.7 Å². The molecule has 0 aliphatic carbocycles. The molecule has 0 fully saturated rings. The second-order valence-corrected chi connectivity index (χ2v) is 5.86. The van der Waals surface area contributed by atoms with Crippen LogP contribution in [0.25, 0.3) is 11.3 Å². The number of ketones is 1. The second-order valence-electron chi connectivity index (χ2n) is 5.86. The van der Waals surface area contributed by atoms with Gasteiger partial charge in [-0.25, -0.2) is 13.5 Å². The fourth-order valence-electron chi connectivity index (χ4n) is 2.62. The molecule has 0 unspecified atom stereocenters. The van der Waals surface area contributed by atoms with E-state index in [9.17, 15) is 9.18 Å².